The Bertz CT molecular complexity index is 623. The van der Waals surface area contributed by atoms with Gasteiger partial charge in [-0.05, 0) is 28.1 Å². The first-order chi connectivity index (χ1) is 9.70. The van der Waals surface area contributed by atoms with Gasteiger partial charge >= 0.3 is 0 Å². The molecule has 0 aliphatic heterocycles. The third-order valence-electron chi connectivity index (χ3n) is 2.74. The van der Waals surface area contributed by atoms with E-state index in [2.05, 4.69) is 37.3 Å². The van der Waals surface area contributed by atoms with Crippen molar-refractivity contribution in [2.45, 2.75) is 6.42 Å². The lowest BCUT2D eigenvalue weighted by atomic mass is 10.3. The van der Waals surface area contributed by atoms with Crippen molar-refractivity contribution in [2.24, 2.45) is 0 Å². The number of hydrogen-bond donors (Lipinski definition) is 1. The topological polar surface area (TPSA) is 64.8 Å². The SMILES string of the molecule is CN(CCC#N)c1cc(Nc2ccccc2Br)ncn1. The molecule has 1 heterocycles. The molecule has 0 saturated carbocycles. The number of aromatic nitrogens is 2. The molecule has 20 heavy (non-hydrogen) atoms. The number of rotatable bonds is 5. The zero-order chi connectivity index (χ0) is 14.4. The summed E-state index contributed by atoms with van der Waals surface area (Å²) in [6.45, 7) is 0.641. The van der Waals surface area contributed by atoms with Gasteiger partial charge in [0.25, 0.3) is 0 Å². The molecule has 0 saturated heterocycles. The molecule has 0 spiro atoms. The largest absolute Gasteiger partial charge is 0.358 e. The maximum absolute atomic E-state index is 8.62. The van der Waals surface area contributed by atoms with Gasteiger partial charge in [0.05, 0.1) is 18.2 Å². The second-order valence-corrected chi connectivity index (χ2v) is 5.05. The predicted octanol–water partition coefficient (Wildman–Crippen LogP) is 3.33. The molecule has 0 aliphatic carbocycles. The Kier molecular flexibility index (Phi) is 4.91. The number of halogens is 1. The lowest BCUT2D eigenvalue weighted by Crippen LogP contribution is -2.19. The van der Waals surface area contributed by atoms with Gasteiger partial charge in [0.1, 0.15) is 18.0 Å². The molecule has 0 aliphatic rings. The highest BCUT2D eigenvalue weighted by Crippen LogP contribution is 2.25. The van der Waals surface area contributed by atoms with Crippen molar-refractivity contribution in [1.29, 1.82) is 5.26 Å². The molecule has 0 radical (unpaired) electrons. The van der Waals surface area contributed by atoms with E-state index in [4.69, 9.17) is 5.26 Å². The van der Waals surface area contributed by atoms with Crippen LogP contribution in [0.25, 0.3) is 0 Å². The number of benzene rings is 1. The minimum absolute atomic E-state index is 0.466. The highest BCUT2D eigenvalue weighted by Gasteiger charge is 2.05. The summed E-state index contributed by atoms with van der Waals surface area (Å²) in [5.41, 5.74) is 0.942. The summed E-state index contributed by atoms with van der Waals surface area (Å²) in [6.07, 6.45) is 1.98. The fourth-order valence-electron chi connectivity index (χ4n) is 1.66. The molecule has 1 aromatic carbocycles. The van der Waals surface area contributed by atoms with Gasteiger partial charge in [0.15, 0.2) is 0 Å². The van der Waals surface area contributed by atoms with Gasteiger partial charge < -0.3 is 10.2 Å². The van der Waals surface area contributed by atoms with Gasteiger partial charge in [-0.15, -0.1) is 0 Å². The molecule has 0 bridgehead atoms. The Labute approximate surface area is 126 Å². The standard InChI is InChI=1S/C14H14BrN5/c1-20(8-4-7-16)14-9-13(17-10-18-14)19-12-6-3-2-5-11(12)15/h2-3,5-6,9-10H,4,8H2,1H3,(H,17,18,19). The van der Waals surface area contributed by atoms with E-state index in [1.165, 1.54) is 6.33 Å². The second kappa shape index (κ2) is 6.87. The van der Waals surface area contributed by atoms with Crippen LogP contribution in [0.2, 0.25) is 0 Å². The minimum Gasteiger partial charge on any atom is -0.358 e. The van der Waals surface area contributed by atoms with Crippen LogP contribution in [0.1, 0.15) is 6.42 Å². The fourth-order valence-corrected chi connectivity index (χ4v) is 2.04. The Balaban J connectivity index is 2.14. The predicted molar refractivity (Wildman–Crippen MR) is 83.0 cm³/mol. The van der Waals surface area contributed by atoms with Crippen LogP contribution in [0.15, 0.2) is 41.1 Å². The molecule has 2 rings (SSSR count). The summed E-state index contributed by atoms with van der Waals surface area (Å²) in [4.78, 5) is 10.3. The van der Waals surface area contributed by atoms with Crippen molar-refractivity contribution >= 4 is 33.3 Å². The maximum atomic E-state index is 8.62. The van der Waals surface area contributed by atoms with E-state index in [0.29, 0.717) is 18.8 Å². The molecular weight excluding hydrogens is 318 g/mol. The molecule has 2 aromatic rings. The molecule has 6 heteroatoms. The Hall–Kier alpha value is -2.13. The van der Waals surface area contributed by atoms with Crippen molar-refractivity contribution in [3.8, 4) is 6.07 Å². The number of nitrogens with one attached hydrogen (secondary N) is 1. The summed E-state index contributed by atoms with van der Waals surface area (Å²) in [5, 5.41) is 11.8. The summed E-state index contributed by atoms with van der Waals surface area (Å²) in [5.74, 6) is 1.50. The first-order valence-corrected chi connectivity index (χ1v) is 6.91. The quantitative estimate of drug-likeness (QED) is 0.910. The first kappa shape index (κ1) is 14.3. The van der Waals surface area contributed by atoms with Crippen LogP contribution in [-0.4, -0.2) is 23.6 Å². The normalized spacial score (nSPS) is 9.85. The van der Waals surface area contributed by atoms with E-state index in [1.54, 1.807) is 0 Å². The molecule has 0 amide bonds. The van der Waals surface area contributed by atoms with Crippen LogP contribution < -0.4 is 10.2 Å². The van der Waals surface area contributed by atoms with Crippen molar-refractivity contribution in [2.75, 3.05) is 23.8 Å². The van der Waals surface area contributed by atoms with Gasteiger partial charge in [-0.25, -0.2) is 9.97 Å². The lowest BCUT2D eigenvalue weighted by Gasteiger charge is -2.17. The minimum atomic E-state index is 0.466. The van der Waals surface area contributed by atoms with Crippen LogP contribution in [0, 0.1) is 11.3 Å². The molecule has 1 N–H and O–H groups in total. The molecule has 0 atom stereocenters. The van der Waals surface area contributed by atoms with E-state index in [9.17, 15) is 0 Å². The zero-order valence-corrected chi connectivity index (χ0v) is 12.6. The third kappa shape index (κ3) is 3.68. The molecule has 0 unspecified atom stereocenters. The molecule has 0 fully saturated rings. The van der Waals surface area contributed by atoms with Gasteiger partial charge in [-0.3, -0.25) is 0 Å². The average molecular weight is 332 g/mol. The van der Waals surface area contributed by atoms with Crippen LogP contribution >= 0.6 is 15.9 Å². The van der Waals surface area contributed by atoms with E-state index < -0.39 is 0 Å². The summed E-state index contributed by atoms with van der Waals surface area (Å²) in [6, 6.07) is 11.8. The maximum Gasteiger partial charge on any atom is 0.135 e. The number of nitrogens with zero attached hydrogens (tertiary/aromatic N) is 4. The second-order valence-electron chi connectivity index (χ2n) is 4.20. The highest BCUT2D eigenvalue weighted by molar-refractivity contribution is 9.10. The first-order valence-electron chi connectivity index (χ1n) is 6.12. The van der Waals surface area contributed by atoms with E-state index in [0.717, 1.165) is 16.0 Å². The number of anilines is 3. The number of nitriles is 1. The summed E-state index contributed by atoms with van der Waals surface area (Å²) < 4.78 is 0.970. The van der Waals surface area contributed by atoms with Gasteiger partial charge in [0, 0.05) is 24.1 Å². The van der Waals surface area contributed by atoms with Crippen LogP contribution in [0.4, 0.5) is 17.3 Å². The van der Waals surface area contributed by atoms with Crippen LogP contribution in [0.5, 0.6) is 0 Å². The average Bonchev–Trinajstić information content (AvgIpc) is 2.47. The highest BCUT2D eigenvalue weighted by atomic mass is 79.9. The van der Waals surface area contributed by atoms with Crippen molar-refractivity contribution in [1.82, 2.24) is 9.97 Å². The smallest absolute Gasteiger partial charge is 0.135 e. The zero-order valence-electron chi connectivity index (χ0n) is 11.0. The van der Waals surface area contributed by atoms with Crippen LogP contribution in [-0.2, 0) is 0 Å². The molecule has 1 aromatic heterocycles. The monoisotopic (exact) mass is 331 g/mol. The van der Waals surface area contributed by atoms with Crippen molar-refractivity contribution < 1.29 is 0 Å². The molecule has 5 nitrogen and oxygen atoms in total. The Morgan fingerprint density at radius 3 is 2.90 bits per heavy atom. The third-order valence-corrected chi connectivity index (χ3v) is 3.43. The van der Waals surface area contributed by atoms with Crippen molar-refractivity contribution in [3.63, 3.8) is 0 Å². The van der Waals surface area contributed by atoms with Gasteiger partial charge in [-0.2, -0.15) is 5.26 Å². The van der Waals surface area contributed by atoms with Crippen molar-refractivity contribution in [3.05, 3.63) is 41.1 Å². The number of para-hydroxylation sites is 1. The number of hydrogen-bond acceptors (Lipinski definition) is 5. The summed E-state index contributed by atoms with van der Waals surface area (Å²) >= 11 is 3.48. The van der Waals surface area contributed by atoms with E-state index >= 15 is 0 Å². The van der Waals surface area contributed by atoms with Crippen LogP contribution in [0.3, 0.4) is 0 Å². The Morgan fingerprint density at radius 2 is 2.15 bits per heavy atom. The molecular formula is C14H14BrN5. The van der Waals surface area contributed by atoms with E-state index in [-0.39, 0.29) is 0 Å². The molecule has 102 valence electrons. The van der Waals surface area contributed by atoms with Gasteiger partial charge in [0.2, 0.25) is 0 Å². The lowest BCUT2D eigenvalue weighted by molar-refractivity contribution is 0.880. The fraction of sp³-hybridized carbons (Fsp3) is 0.214. The van der Waals surface area contributed by atoms with E-state index in [1.807, 2.05) is 42.3 Å². The van der Waals surface area contributed by atoms with Gasteiger partial charge in [-0.1, -0.05) is 12.1 Å². The summed E-state index contributed by atoms with van der Waals surface area (Å²) in [7, 11) is 1.90. The Morgan fingerprint density at radius 1 is 1.35 bits per heavy atom.